The van der Waals surface area contributed by atoms with Gasteiger partial charge in [0.05, 0.1) is 0 Å². The molecule has 4 nitrogen and oxygen atoms in total. The summed E-state index contributed by atoms with van der Waals surface area (Å²) in [7, 11) is 0. The molecule has 1 aliphatic heterocycles. The summed E-state index contributed by atoms with van der Waals surface area (Å²) in [5, 5.41) is 2.10. The summed E-state index contributed by atoms with van der Waals surface area (Å²) in [5.41, 5.74) is -0.913. The van der Waals surface area contributed by atoms with Crippen molar-refractivity contribution in [3.63, 3.8) is 0 Å². The predicted octanol–water partition coefficient (Wildman–Crippen LogP) is 5.37. The molecule has 1 fully saturated rings. The molecule has 0 N–H and O–H groups in total. The van der Waals surface area contributed by atoms with E-state index in [1.54, 1.807) is 11.0 Å². The van der Waals surface area contributed by atoms with Crippen LogP contribution >= 0.6 is 0 Å². The van der Waals surface area contributed by atoms with E-state index in [1.165, 1.54) is 0 Å². The first-order chi connectivity index (χ1) is 12.8. The van der Waals surface area contributed by atoms with Gasteiger partial charge in [0.1, 0.15) is 11.1 Å². The average Bonchev–Trinajstić information content (AvgIpc) is 3.04. The Labute approximate surface area is 160 Å². The van der Waals surface area contributed by atoms with Crippen LogP contribution in [-0.2, 0) is 4.74 Å². The van der Waals surface area contributed by atoms with Gasteiger partial charge in [0, 0.05) is 12.1 Å². The summed E-state index contributed by atoms with van der Waals surface area (Å²) in [4.78, 5) is 28.0. The number of nitrogens with zero attached hydrogens (tertiary/aromatic N) is 1. The van der Waals surface area contributed by atoms with Crippen LogP contribution in [0.15, 0.2) is 55.1 Å². The van der Waals surface area contributed by atoms with Crippen LogP contribution in [0.1, 0.15) is 50.4 Å². The molecule has 1 atom stereocenters. The lowest BCUT2D eigenvalue weighted by Crippen LogP contribution is -2.54. The van der Waals surface area contributed by atoms with Crippen LogP contribution in [0, 0.1) is 0 Å². The van der Waals surface area contributed by atoms with E-state index in [0.717, 1.165) is 17.2 Å². The highest BCUT2D eigenvalue weighted by atomic mass is 16.6. The Morgan fingerprint density at radius 1 is 1.19 bits per heavy atom. The molecule has 3 rings (SSSR count). The lowest BCUT2D eigenvalue weighted by molar-refractivity contribution is 0.00913. The number of ketones is 1. The molecule has 0 radical (unpaired) electrons. The number of likely N-dealkylation sites (tertiary alicyclic amines) is 1. The van der Waals surface area contributed by atoms with Gasteiger partial charge in [-0.15, -0.1) is 6.58 Å². The quantitative estimate of drug-likeness (QED) is 0.541. The molecule has 1 aliphatic rings. The van der Waals surface area contributed by atoms with Crippen molar-refractivity contribution < 1.29 is 14.3 Å². The third-order valence-electron chi connectivity index (χ3n) is 5.02. The van der Waals surface area contributed by atoms with Gasteiger partial charge in [-0.3, -0.25) is 9.69 Å². The van der Waals surface area contributed by atoms with Crippen LogP contribution in [0.2, 0.25) is 0 Å². The summed E-state index contributed by atoms with van der Waals surface area (Å²) in [6.45, 7) is 9.85. The minimum absolute atomic E-state index is 0.0449. The van der Waals surface area contributed by atoms with E-state index in [9.17, 15) is 9.59 Å². The summed E-state index contributed by atoms with van der Waals surface area (Å²) in [6, 6.07) is 13.7. The summed E-state index contributed by atoms with van der Waals surface area (Å²) < 4.78 is 5.58. The molecule has 1 amide bonds. The topological polar surface area (TPSA) is 46.6 Å². The molecule has 2 aromatic carbocycles. The summed E-state index contributed by atoms with van der Waals surface area (Å²) in [6.07, 6.45) is 3.09. The second-order valence-electron chi connectivity index (χ2n) is 8.15. The van der Waals surface area contributed by atoms with E-state index in [4.69, 9.17) is 4.74 Å². The molecular formula is C23H27NO3. The van der Waals surface area contributed by atoms with Crippen LogP contribution < -0.4 is 0 Å². The van der Waals surface area contributed by atoms with Gasteiger partial charge in [-0.1, -0.05) is 42.5 Å². The van der Waals surface area contributed by atoms with Crippen LogP contribution in [-0.4, -0.2) is 34.5 Å². The van der Waals surface area contributed by atoms with Gasteiger partial charge < -0.3 is 4.74 Å². The number of carbonyl (C=O) groups excluding carboxylic acids is 2. The molecule has 2 aromatic rings. The maximum absolute atomic E-state index is 13.6. The van der Waals surface area contributed by atoms with Crippen molar-refractivity contribution in [1.29, 1.82) is 0 Å². The summed E-state index contributed by atoms with van der Waals surface area (Å²) in [5.74, 6) is -0.0449. The smallest absolute Gasteiger partial charge is 0.411 e. The Hall–Kier alpha value is -2.62. The summed E-state index contributed by atoms with van der Waals surface area (Å²) >= 11 is 0. The Morgan fingerprint density at radius 2 is 1.89 bits per heavy atom. The molecule has 0 saturated carbocycles. The van der Waals surface area contributed by atoms with Gasteiger partial charge >= 0.3 is 6.09 Å². The van der Waals surface area contributed by atoms with Crippen LogP contribution in [0.25, 0.3) is 10.8 Å². The fourth-order valence-corrected chi connectivity index (χ4v) is 3.84. The first-order valence-corrected chi connectivity index (χ1v) is 9.42. The van der Waals surface area contributed by atoms with Crippen molar-refractivity contribution >= 4 is 22.6 Å². The van der Waals surface area contributed by atoms with Crippen molar-refractivity contribution in [2.75, 3.05) is 6.54 Å². The fourth-order valence-electron chi connectivity index (χ4n) is 3.84. The number of fused-ring (bicyclic) bond motifs is 1. The minimum Gasteiger partial charge on any atom is -0.444 e. The molecule has 27 heavy (non-hydrogen) atoms. The predicted molar refractivity (Wildman–Crippen MR) is 108 cm³/mol. The molecule has 0 aromatic heterocycles. The minimum atomic E-state index is -0.924. The Balaban J connectivity index is 2.00. The van der Waals surface area contributed by atoms with E-state index in [2.05, 4.69) is 6.58 Å². The Kier molecular flexibility index (Phi) is 5.09. The maximum Gasteiger partial charge on any atom is 0.411 e. The van der Waals surface area contributed by atoms with Crippen molar-refractivity contribution in [1.82, 2.24) is 4.90 Å². The maximum atomic E-state index is 13.6. The average molecular weight is 365 g/mol. The number of carbonyl (C=O) groups is 2. The Bertz CT molecular complexity index is 881. The second kappa shape index (κ2) is 7.18. The van der Waals surface area contributed by atoms with E-state index in [-0.39, 0.29) is 5.78 Å². The van der Waals surface area contributed by atoms with Crippen LogP contribution in [0.5, 0.6) is 0 Å². The molecular weight excluding hydrogens is 338 g/mol. The van der Waals surface area contributed by atoms with Crippen molar-refractivity contribution in [3.8, 4) is 0 Å². The monoisotopic (exact) mass is 365 g/mol. The molecule has 0 aliphatic carbocycles. The molecule has 0 bridgehead atoms. The zero-order valence-electron chi connectivity index (χ0n) is 16.3. The number of benzene rings is 2. The molecule has 0 spiro atoms. The number of hydrogen-bond acceptors (Lipinski definition) is 3. The highest BCUT2D eigenvalue weighted by Gasteiger charge is 2.50. The van der Waals surface area contributed by atoms with Gasteiger partial charge in [-0.05, 0) is 56.9 Å². The largest absolute Gasteiger partial charge is 0.444 e. The van der Waals surface area contributed by atoms with Crippen LogP contribution in [0.4, 0.5) is 4.79 Å². The van der Waals surface area contributed by atoms with E-state index in [0.29, 0.717) is 24.9 Å². The first-order valence-electron chi connectivity index (χ1n) is 9.42. The normalized spacial score (nSPS) is 19.9. The number of amides is 1. The lowest BCUT2D eigenvalue weighted by atomic mass is 9.83. The van der Waals surface area contributed by atoms with E-state index in [1.807, 2.05) is 63.2 Å². The standard InChI is InChI=1S/C23H27NO3/c1-5-13-23(14-8-15-24(23)21(26)27-22(2,3)4)20(25)19-12-11-17-9-6-7-10-18(17)16-19/h5-7,9-12,16H,1,8,13-15H2,2-4H3/t23-/m1/s1. The zero-order valence-corrected chi connectivity index (χ0v) is 16.3. The van der Waals surface area contributed by atoms with Crippen molar-refractivity contribution in [2.45, 2.75) is 51.2 Å². The second-order valence-corrected chi connectivity index (χ2v) is 8.15. The van der Waals surface area contributed by atoms with Gasteiger partial charge in [-0.2, -0.15) is 0 Å². The third kappa shape index (κ3) is 3.75. The van der Waals surface area contributed by atoms with E-state index >= 15 is 0 Å². The van der Waals surface area contributed by atoms with Crippen molar-refractivity contribution in [2.24, 2.45) is 0 Å². The fraction of sp³-hybridized carbons (Fsp3) is 0.391. The number of ether oxygens (including phenoxy) is 1. The van der Waals surface area contributed by atoms with Crippen molar-refractivity contribution in [3.05, 3.63) is 60.7 Å². The SMILES string of the molecule is C=CC[C@]1(C(=O)c2ccc3ccccc3c2)CCCN1C(=O)OC(C)(C)C. The number of rotatable bonds is 4. The van der Waals surface area contributed by atoms with Crippen LogP contribution in [0.3, 0.4) is 0 Å². The van der Waals surface area contributed by atoms with Gasteiger partial charge in [0.15, 0.2) is 5.78 Å². The molecule has 0 unspecified atom stereocenters. The first kappa shape index (κ1) is 19.2. The third-order valence-corrected chi connectivity index (χ3v) is 5.02. The Morgan fingerprint density at radius 3 is 2.56 bits per heavy atom. The zero-order chi connectivity index (χ0) is 19.7. The molecule has 142 valence electrons. The number of Topliss-reactive ketones (excluding diaryl/α,β-unsaturated/α-hetero) is 1. The highest BCUT2D eigenvalue weighted by Crippen LogP contribution is 2.37. The number of hydrogen-bond donors (Lipinski definition) is 0. The molecule has 1 heterocycles. The van der Waals surface area contributed by atoms with Gasteiger partial charge in [0.25, 0.3) is 0 Å². The molecule has 1 saturated heterocycles. The highest BCUT2D eigenvalue weighted by molar-refractivity contribution is 6.07. The van der Waals surface area contributed by atoms with Gasteiger partial charge in [-0.25, -0.2) is 4.79 Å². The van der Waals surface area contributed by atoms with Gasteiger partial charge in [0.2, 0.25) is 0 Å². The van der Waals surface area contributed by atoms with E-state index < -0.39 is 17.2 Å². The lowest BCUT2D eigenvalue weighted by Gasteiger charge is -2.37. The molecule has 4 heteroatoms.